The number of hydrogen-bond donors (Lipinski definition) is 1. The van der Waals surface area contributed by atoms with Gasteiger partial charge in [0.1, 0.15) is 11.6 Å². The average Bonchev–Trinajstić information content (AvgIpc) is 2.47. The molecule has 104 valence electrons. The summed E-state index contributed by atoms with van der Waals surface area (Å²) in [7, 11) is 0. The van der Waals surface area contributed by atoms with Crippen molar-refractivity contribution in [2.45, 2.75) is 0 Å². The van der Waals surface area contributed by atoms with Gasteiger partial charge >= 0.3 is 0 Å². The Labute approximate surface area is 117 Å². The van der Waals surface area contributed by atoms with Crippen LogP contribution in [-0.2, 0) is 0 Å². The summed E-state index contributed by atoms with van der Waals surface area (Å²) in [6, 6.07) is 11.4. The minimum Gasteiger partial charge on any atom is -0.369 e. The summed E-state index contributed by atoms with van der Waals surface area (Å²) < 4.78 is 26.6. The molecule has 2 nitrogen and oxygen atoms in total. The number of halogens is 2. The Morgan fingerprint density at radius 2 is 1.55 bits per heavy atom. The molecule has 0 aromatic heterocycles. The van der Waals surface area contributed by atoms with Crippen LogP contribution in [0.2, 0.25) is 0 Å². The minimum absolute atomic E-state index is 0.549. The summed E-state index contributed by atoms with van der Waals surface area (Å²) >= 11 is 0. The van der Waals surface area contributed by atoms with Crippen molar-refractivity contribution in [3.05, 3.63) is 54.1 Å². The van der Waals surface area contributed by atoms with Crippen LogP contribution in [-0.4, -0.2) is 26.2 Å². The summed E-state index contributed by atoms with van der Waals surface area (Å²) in [6.07, 6.45) is 0. The topological polar surface area (TPSA) is 15.3 Å². The zero-order valence-corrected chi connectivity index (χ0v) is 11.1. The molecule has 0 spiro atoms. The molecule has 20 heavy (non-hydrogen) atoms. The van der Waals surface area contributed by atoms with E-state index in [9.17, 15) is 8.78 Å². The molecule has 0 unspecified atom stereocenters. The lowest BCUT2D eigenvalue weighted by atomic mass is 10.0. The molecular weight excluding hydrogens is 258 g/mol. The molecule has 2 aromatic carbocycles. The molecule has 2 aromatic rings. The van der Waals surface area contributed by atoms with E-state index in [2.05, 4.69) is 10.2 Å². The predicted octanol–water partition coefficient (Wildman–Crippen LogP) is 3.04. The lowest BCUT2D eigenvalue weighted by Crippen LogP contribution is -2.43. The van der Waals surface area contributed by atoms with Crippen molar-refractivity contribution in [3.63, 3.8) is 0 Å². The van der Waals surface area contributed by atoms with Crippen LogP contribution in [0.15, 0.2) is 42.5 Å². The fourth-order valence-electron chi connectivity index (χ4n) is 2.53. The number of nitrogens with one attached hydrogen (secondary N) is 1. The van der Waals surface area contributed by atoms with Gasteiger partial charge in [0.25, 0.3) is 0 Å². The molecule has 0 radical (unpaired) electrons. The zero-order chi connectivity index (χ0) is 13.9. The van der Waals surface area contributed by atoms with Gasteiger partial charge in [0.2, 0.25) is 0 Å². The van der Waals surface area contributed by atoms with Crippen LogP contribution in [0, 0.1) is 11.6 Å². The quantitative estimate of drug-likeness (QED) is 0.905. The molecule has 0 bridgehead atoms. The second kappa shape index (κ2) is 5.59. The largest absolute Gasteiger partial charge is 0.369 e. The van der Waals surface area contributed by atoms with Gasteiger partial charge in [-0.15, -0.1) is 0 Å². The van der Waals surface area contributed by atoms with Crippen molar-refractivity contribution in [2.24, 2.45) is 0 Å². The third-order valence-corrected chi connectivity index (χ3v) is 3.52. The van der Waals surface area contributed by atoms with E-state index in [4.69, 9.17) is 0 Å². The molecule has 0 aliphatic carbocycles. The Balaban J connectivity index is 1.93. The van der Waals surface area contributed by atoms with Gasteiger partial charge in [0, 0.05) is 37.9 Å². The highest BCUT2D eigenvalue weighted by Gasteiger charge is 2.11. The predicted molar refractivity (Wildman–Crippen MR) is 76.9 cm³/mol. The minimum atomic E-state index is -0.549. The smallest absolute Gasteiger partial charge is 0.126 e. The van der Waals surface area contributed by atoms with Crippen molar-refractivity contribution in [2.75, 3.05) is 31.1 Å². The molecule has 1 aliphatic heterocycles. The van der Waals surface area contributed by atoms with Crippen LogP contribution in [0.25, 0.3) is 11.1 Å². The van der Waals surface area contributed by atoms with E-state index in [1.54, 1.807) is 0 Å². The Hall–Kier alpha value is -1.94. The molecule has 0 saturated carbocycles. The van der Waals surface area contributed by atoms with E-state index in [0.717, 1.165) is 43.5 Å². The van der Waals surface area contributed by atoms with Crippen LogP contribution in [0.4, 0.5) is 14.5 Å². The second-order valence-corrected chi connectivity index (χ2v) is 4.95. The van der Waals surface area contributed by atoms with Gasteiger partial charge in [-0.3, -0.25) is 0 Å². The highest BCUT2D eigenvalue weighted by atomic mass is 19.1. The van der Waals surface area contributed by atoms with E-state index < -0.39 is 11.6 Å². The fourth-order valence-corrected chi connectivity index (χ4v) is 2.53. The van der Waals surface area contributed by atoms with E-state index in [-0.39, 0.29) is 0 Å². The fraction of sp³-hybridized carbons (Fsp3) is 0.250. The molecule has 4 heteroatoms. The van der Waals surface area contributed by atoms with Gasteiger partial charge in [-0.1, -0.05) is 12.1 Å². The molecule has 0 atom stereocenters. The summed E-state index contributed by atoms with van der Waals surface area (Å²) in [5.41, 5.74) is 2.49. The van der Waals surface area contributed by atoms with Crippen molar-refractivity contribution < 1.29 is 8.78 Å². The zero-order valence-electron chi connectivity index (χ0n) is 11.1. The summed E-state index contributed by atoms with van der Waals surface area (Å²) in [5, 5.41) is 3.30. The number of hydrogen-bond acceptors (Lipinski definition) is 2. The number of anilines is 1. The first-order chi connectivity index (χ1) is 9.72. The molecule has 1 aliphatic rings. The van der Waals surface area contributed by atoms with Crippen LogP contribution in [0.3, 0.4) is 0 Å². The molecular formula is C16H16F2N2. The normalized spacial score (nSPS) is 15.4. The van der Waals surface area contributed by atoms with Crippen molar-refractivity contribution in [1.29, 1.82) is 0 Å². The first-order valence-corrected chi connectivity index (χ1v) is 6.74. The lowest BCUT2D eigenvalue weighted by molar-refractivity contribution is 0.584. The van der Waals surface area contributed by atoms with Crippen molar-refractivity contribution in [1.82, 2.24) is 5.32 Å². The van der Waals surface area contributed by atoms with Gasteiger partial charge in [0.15, 0.2) is 0 Å². The number of benzene rings is 2. The summed E-state index contributed by atoms with van der Waals surface area (Å²) in [6.45, 7) is 3.81. The van der Waals surface area contributed by atoms with Crippen LogP contribution in [0.5, 0.6) is 0 Å². The third kappa shape index (κ3) is 2.80. The summed E-state index contributed by atoms with van der Waals surface area (Å²) in [5.74, 6) is -1.10. The van der Waals surface area contributed by atoms with Crippen LogP contribution in [0.1, 0.15) is 0 Å². The monoisotopic (exact) mass is 274 g/mol. The second-order valence-electron chi connectivity index (χ2n) is 4.95. The van der Waals surface area contributed by atoms with Crippen molar-refractivity contribution in [3.8, 4) is 11.1 Å². The molecule has 1 fully saturated rings. The Kier molecular flexibility index (Phi) is 3.65. The van der Waals surface area contributed by atoms with Crippen molar-refractivity contribution >= 4 is 5.69 Å². The van der Waals surface area contributed by atoms with E-state index in [0.29, 0.717) is 5.56 Å². The van der Waals surface area contributed by atoms with Crippen LogP contribution >= 0.6 is 0 Å². The standard InChI is InChI=1S/C16H16F2N2/c17-14-8-13(9-15(18)11-14)12-2-1-3-16(10-12)20-6-4-19-5-7-20/h1-3,8-11,19H,4-7H2. The maximum atomic E-state index is 13.3. The first-order valence-electron chi connectivity index (χ1n) is 6.74. The lowest BCUT2D eigenvalue weighted by Gasteiger charge is -2.29. The third-order valence-electron chi connectivity index (χ3n) is 3.52. The molecule has 1 N–H and O–H groups in total. The van der Waals surface area contributed by atoms with Gasteiger partial charge < -0.3 is 10.2 Å². The number of piperazine rings is 1. The Bertz CT molecular complexity index is 587. The Morgan fingerprint density at radius 1 is 0.850 bits per heavy atom. The summed E-state index contributed by atoms with van der Waals surface area (Å²) in [4.78, 5) is 2.27. The first kappa shape index (κ1) is 13.1. The Morgan fingerprint density at radius 3 is 2.25 bits per heavy atom. The highest BCUT2D eigenvalue weighted by molar-refractivity contribution is 5.68. The maximum Gasteiger partial charge on any atom is 0.126 e. The van der Waals surface area contributed by atoms with Crippen LogP contribution < -0.4 is 10.2 Å². The average molecular weight is 274 g/mol. The SMILES string of the molecule is Fc1cc(F)cc(-c2cccc(N3CCNCC3)c2)c1. The van der Waals surface area contributed by atoms with Gasteiger partial charge in [0.05, 0.1) is 0 Å². The number of rotatable bonds is 2. The number of nitrogens with zero attached hydrogens (tertiary/aromatic N) is 1. The molecule has 3 rings (SSSR count). The molecule has 1 saturated heterocycles. The highest BCUT2D eigenvalue weighted by Crippen LogP contribution is 2.26. The molecule has 0 amide bonds. The van der Waals surface area contributed by atoms with Gasteiger partial charge in [-0.05, 0) is 35.4 Å². The maximum absolute atomic E-state index is 13.3. The van der Waals surface area contributed by atoms with Gasteiger partial charge in [-0.25, -0.2) is 8.78 Å². The van der Waals surface area contributed by atoms with Gasteiger partial charge in [-0.2, -0.15) is 0 Å². The van der Waals surface area contributed by atoms with E-state index >= 15 is 0 Å². The molecule has 1 heterocycles. The van der Waals surface area contributed by atoms with E-state index in [1.165, 1.54) is 12.1 Å². The van der Waals surface area contributed by atoms with E-state index in [1.807, 2.05) is 24.3 Å².